The second-order valence-electron chi connectivity index (χ2n) is 6.28. The first-order chi connectivity index (χ1) is 13.0. The first-order valence-corrected chi connectivity index (χ1v) is 10.1. The van der Waals surface area contributed by atoms with Gasteiger partial charge in [-0.25, -0.2) is 4.99 Å². The van der Waals surface area contributed by atoms with Crippen LogP contribution in [-0.2, 0) is 4.79 Å². The predicted octanol–water partition coefficient (Wildman–Crippen LogP) is 4.61. The van der Waals surface area contributed by atoms with E-state index in [0.717, 1.165) is 32.6 Å². The van der Waals surface area contributed by atoms with Gasteiger partial charge in [0.2, 0.25) is 0 Å². The molecule has 0 radical (unpaired) electrons. The Morgan fingerprint density at radius 3 is 2.56 bits per heavy atom. The van der Waals surface area contributed by atoms with Gasteiger partial charge in [0.15, 0.2) is 5.17 Å². The Balaban J connectivity index is 1.71. The zero-order valence-electron chi connectivity index (χ0n) is 15.5. The van der Waals surface area contributed by atoms with Crippen LogP contribution in [0.4, 0.5) is 11.4 Å². The number of aryl methyl sites for hydroxylation is 1. The van der Waals surface area contributed by atoms with Crippen molar-refractivity contribution in [1.82, 2.24) is 4.90 Å². The average molecular weight is 398 g/mol. The fraction of sp³-hybridized carbons (Fsp3) is 0.200. The summed E-state index contributed by atoms with van der Waals surface area (Å²) in [7, 11) is 5.41. The number of carbonyl (C=O) groups is 1. The summed E-state index contributed by atoms with van der Waals surface area (Å²) in [5.74, 6) is 0.776. The smallest absolute Gasteiger partial charge is 0.269 e. The number of benzene rings is 2. The van der Waals surface area contributed by atoms with E-state index in [-0.39, 0.29) is 5.91 Å². The lowest BCUT2D eigenvalue weighted by atomic mass is 10.2. The summed E-state index contributed by atoms with van der Waals surface area (Å²) in [6, 6.07) is 13.9. The Bertz CT molecular complexity index is 1000. The molecule has 0 aromatic heterocycles. The van der Waals surface area contributed by atoms with Gasteiger partial charge in [0, 0.05) is 25.1 Å². The van der Waals surface area contributed by atoms with Gasteiger partial charge in [0.1, 0.15) is 10.7 Å². The maximum Gasteiger partial charge on any atom is 0.269 e. The van der Waals surface area contributed by atoms with E-state index in [1.165, 1.54) is 11.8 Å². The minimum atomic E-state index is -0.0264. The number of thioether (sulfide) groups is 2. The molecule has 138 valence electrons. The third-order valence-electron chi connectivity index (χ3n) is 4.54. The third-order valence-corrected chi connectivity index (χ3v) is 7.03. The van der Waals surface area contributed by atoms with Crippen LogP contribution in [0.1, 0.15) is 5.56 Å². The number of ether oxygens (including phenoxy) is 1. The van der Waals surface area contributed by atoms with E-state index in [9.17, 15) is 4.79 Å². The maximum absolute atomic E-state index is 12.9. The van der Waals surface area contributed by atoms with Crippen LogP contribution in [-0.4, -0.2) is 37.2 Å². The number of amidine groups is 1. The number of nitrogens with zero attached hydrogens (tertiary/aromatic N) is 3. The van der Waals surface area contributed by atoms with Gasteiger partial charge < -0.3 is 9.64 Å². The van der Waals surface area contributed by atoms with E-state index in [2.05, 4.69) is 0 Å². The number of hydrogen-bond acceptors (Lipinski definition) is 6. The molecule has 0 N–H and O–H groups in total. The number of likely N-dealkylation sites (N-methyl/N-ethyl adjacent to an activating group) is 1. The van der Waals surface area contributed by atoms with Gasteiger partial charge in [-0.1, -0.05) is 30.0 Å². The zero-order valence-corrected chi connectivity index (χ0v) is 17.1. The van der Waals surface area contributed by atoms with Crippen molar-refractivity contribution < 1.29 is 9.53 Å². The molecule has 0 saturated carbocycles. The first-order valence-electron chi connectivity index (χ1n) is 8.43. The molecule has 0 atom stereocenters. The predicted molar refractivity (Wildman–Crippen MR) is 113 cm³/mol. The molecule has 1 fully saturated rings. The van der Waals surface area contributed by atoms with Gasteiger partial charge >= 0.3 is 0 Å². The number of carbonyl (C=O) groups excluding carboxylic acids is 1. The van der Waals surface area contributed by atoms with Crippen LogP contribution in [0.2, 0.25) is 0 Å². The van der Waals surface area contributed by atoms with Gasteiger partial charge in [-0.3, -0.25) is 9.69 Å². The largest absolute Gasteiger partial charge is 0.497 e. The van der Waals surface area contributed by atoms with Crippen LogP contribution in [0.15, 0.2) is 62.3 Å². The molecule has 27 heavy (non-hydrogen) atoms. The number of rotatable bonds is 2. The lowest BCUT2D eigenvalue weighted by Crippen LogP contribution is -2.24. The molecule has 0 spiro atoms. The second kappa shape index (κ2) is 6.98. The fourth-order valence-corrected chi connectivity index (χ4v) is 5.23. The molecule has 2 aromatic rings. The van der Waals surface area contributed by atoms with Crippen molar-refractivity contribution in [3.8, 4) is 5.75 Å². The van der Waals surface area contributed by atoms with Gasteiger partial charge in [-0.2, -0.15) is 0 Å². The van der Waals surface area contributed by atoms with E-state index in [1.54, 1.807) is 30.8 Å². The molecule has 1 saturated heterocycles. The highest BCUT2D eigenvalue weighted by molar-refractivity contribution is 8.19. The molecular formula is C20H19N3O2S2. The van der Waals surface area contributed by atoms with Crippen molar-refractivity contribution in [1.29, 1.82) is 0 Å². The van der Waals surface area contributed by atoms with Crippen molar-refractivity contribution in [3.05, 3.63) is 58.0 Å². The third kappa shape index (κ3) is 3.11. The molecule has 2 heterocycles. The monoisotopic (exact) mass is 397 g/mol. The molecular weight excluding hydrogens is 378 g/mol. The number of para-hydroxylation sites is 1. The lowest BCUT2D eigenvalue weighted by molar-refractivity contribution is -0.121. The minimum absolute atomic E-state index is 0.0264. The highest BCUT2D eigenvalue weighted by Crippen LogP contribution is 2.50. The Morgan fingerprint density at radius 1 is 1.04 bits per heavy atom. The molecule has 5 nitrogen and oxygen atoms in total. The average Bonchev–Trinajstić information content (AvgIpc) is 3.14. The van der Waals surface area contributed by atoms with Crippen molar-refractivity contribution in [2.75, 3.05) is 26.1 Å². The number of anilines is 1. The minimum Gasteiger partial charge on any atom is -0.497 e. The molecule has 7 heteroatoms. The zero-order chi connectivity index (χ0) is 19.1. The van der Waals surface area contributed by atoms with Crippen LogP contribution in [0.25, 0.3) is 0 Å². The Morgan fingerprint density at radius 2 is 1.81 bits per heavy atom. The topological polar surface area (TPSA) is 45.1 Å². The van der Waals surface area contributed by atoms with Crippen molar-refractivity contribution in [2.24, 2.45) is 4.99 Å². The Kier molecular flexibility index (Phi) is 4.65. The van der Waals surface area contributed by atoms with E-state index < -0.39 is 0 Å². The summed E-state index contributed by atoms with van der Waals surface area (Å²) in [5.41, 5.74) is 3.01. The lowest BCUT2D eigenvalue weighted by Gasteiger charge is -2.15. The first kappa shape index (κ1) is 18.0. The normalized spacial score (nSPS) is 20.6. The van der Waals surface area contributed by atoms with Crippen LogP contribution in [0, 0.1) is 6.92 Å². The van der Waals surface area contributed by atoms with Crippen molar-refractivity contribution in [3.63, 3.8) is 0 Å². The maximum atomic E-state index is 12.9. The summed E-state index contributed by atoms with van der Waals surface area (Å²) in [4.78, 5) is 23.1. The standard InChI is InChI=1S/C20H19N3O2S2/c1-12-7-5-6-8-14(12)21-20-23(3)18(24)17(27-20)19-22(2)15-11-13(25-4)9-10-16(15)26-19/h5-11H,1-4H3/b19-17-,21-20?. The highest BCUT2D eigenvalue weighted by Gasteiger charge is 2.37. The number of fused-ring (bicyclic) bond motifs is 1. The van der Waals surface area contributed by atoms with Gasteiger partial charge in [-0.15, -0.1) is 0 Å². The van der Waals surface area contributed by atoms with Crippen LogP contribution >= 0.6 is 23.5 Å². The summed E-state index contributed by atoms with van der Waals surface area (Å²) in [5, 5.41) is 1.62. The SMILES string of the molecule is COc1ccc2c(c1)N(C)/C(=C1/SC(=Nc3ccccc3C)N(C)C1=O)S2. The number of hydrogen-bond donors (Lipinski definition) is 0. The van der Waals surface area contributed by atoms with E-state index in [0.29, 0.717) is 10.1 Å². The number of amides is 1. The molecule has 0 aliphatic carbocycles. The molecule has 4 rings (SSSR count). The van der Waals surface area contributed by atoms with Crippen LogP contribution in [0.3, 0.4) is 0 Å². The quantitative estimate of drug-likeness (QED) is 0.693. The van der Waals surface area contributed by atoms with Crippen LogP contribution in [0.5, 0.6) is 5.75 Å². The number of methoxy groups -OCH3 is 1. The molecule has 2 aliphatic rings. The van der Waals surface area contributed by atoms with Gasteiger partial charge in [0.25, 0.3) is 5.91 Å². The highest BCUT2D eigenvalue weighted by atomic mass is 32.2. The molecule has 0 bridgehead atoms. The van der Waals surface area contributed by atoms with Crippen molar-refractivity contribution in [2.45, 2.75) is 11.8 Å². The summed E-state index contributed by atoms with van der Waals surface area (Å²) in [6.07, 6.45) is 0. The Labute approximate surface area is 167 Å². The summed E-state index contributed by atoms with van der Waals surface area (Å²) in [6.45, 7) is 2.02. The van der Waals surface area contributed by atoms with E-state index in [4.69, 9.17) is 9.73 Å². The molecule has 2 aliphatic heterocycles. The van der Waals surface area contributed by atoms with Crippen LogP contribution < -0.4 is 9.64 Å². The Hall–Kier alpha value is -2.38. The summed E-state index contributed by atoms with van der Waals surface area (Å²) < 4.78 is 5.33. The number of aliphatic imine (C=N–C) groups is 1. The van der Waals surface area contributed by atoms with E-state index >= 15 is 0 Å². The van der Waals surface area contributed by atoms with Gasteiger partial charge in [-0.05, 0) is 42.4 Å². The van der Waals surface area contributed by atoms with E-state index in [1.807, 2.05) is 61.3 Å². The van der Waals surface area contributed by atoms with Crippen molar-refractivity contribution >= 4 is 46.0 Å². The molecule has 0 unspecified atom stereocenters. The second-order valence-corrected chi connectivity index (χ2v) is 8.28. The fourth-order valence-electron chi connectivity index (χ4n) is 2.92. The van der Waals surface area contributed by atoms with Gasteiger partial charge in [0.05, 0.1) is 23.5 Å². The summed E-state index contributed by atoms with van der Waals surface area (Å²) >= 11 is 3.03. The molecule has 2 aromatic carbocycles. The molecule has 1 amide bonds.